The number of carboxylic acids is 2. The predicted molar refractivity (Wildman–Crippen MR) is 117 cm³/mol. The first-order chi connectivity index (χ1) is 16.0. The molecule has 188 valence electrons. The molecule has 0 saturated carbocycles. The molecule has 0 aliphatic heterocycles. The fourth-order valence-electron chi connectivity index (χ4n) is 2.88. The number of aliphatic hydroxyl groups is 2. The Kier molecular flexibility index (Phi) is 11.6. The van der Waals surface area contributed by atoms with Gasteiger partial charge in [0.2, 0.25) is 17.7 Å². The van der Waals surface area contributed by atoms with E-state index in [9.17, 15) is 34.2 Å². The van der Waals surface area contributed by atoms with Crippen LogP contribution in [-0.2, 0) is 30.4 Å². The van der Waals surface area contributed by atoms with E-state index in [1.54, 1.807) is 30.3 Å². The summed E-state index contributed by atoms with van der Waals surface area (Å²) in [6.07, 6.45) is -2.20. The molecule has 13 heteroatoms. The van der Waals surface area contributed by atoms with E-state index in [0.717, 1.165) is 5.56 Å². The minimum absolute atomic E-state index is 0.162. The van der Waals surface area contributed by atoms with Gasteiger partial charge >= 0.3 is 11.9 Å². The Bertz CT molecular complexity index is 863. The van der Waals surface area contributed by atoms with Gasteiger partial charge in [0.1, 0.15) is 18.1 Å². The molecule has 0 spiro atoms. The minimum Gasteiger partial charge on any atom is -0.481 e. The number of nitrogens with one attached hydrogen (secondary N) is 3. The van der Waals surface area contributed by atoms with Crippen LogP contribution in [0.5, 0.6) is 0 Å². The Labute approximate surface area is 195 Å². The highest BCUT2D eigenvalue weighted by molar-refractivity contribution is 5.94. The fraction of sp³-hybridized carbons (Fsp3) is 0.476. The third-order valence-corrected chi connectivity index (χ3v) is 4.77. The standard InChI is InChI=1S/C21H30N4O9/c1-11(27)17(25-18(30)13(22)9-12-5-3-2-4-6-12)20(32)24-15(10-26)19(31)23-14(21(33)34)7-8-16(28)29/h2-6,11,13-15,17,26-27H,7-10,22H2,1H3,(H,23,31)(H,24,32)(H,25,30)(H,28,29)(H,33,34). The monoisotopic (exact) mass is 482 g/mol. The number of carboxylic acid groups (broad SMARTS) is 2. The lowest BCUT2D eigenvalue weighted by atomic mass is 10.0. The molecule has 34 heavy (non-hydrogen) atoms. The van der Waals surface area contributed by atoms with Gasteiger partial charge in [0, 0.05) is 6.42 Å². The second kappa shape index (κ2) is 13.9. The molecule has 0 aromatic heterocycles. The number of benzene rings is 1. The van der Waals surface area contributed by atoms with Gasteiger partial charge in [-0.25, -0.2) is 4.79 Å². The first-order valence-electron chi connectivity index (χ1n) is 10.4. The van der Waals surface area contributed by atoms with E-state index in [-0.39, 0.29) is 6.42 Å². The summed E-state index contributed by atoms with van der Waals surface area (Å²) in [7, 11) is 0. The van der Waals surface area contributed by atoms with E-state index in [1.165, 1.54) is 6.92 Å². The Balaban J connectivity index is 2.79. The summed E-state index contributed by atoms with van der Waals surface area (Å²) in [5.41, 5.74) is 6.65. The first kappa shape index (κ1) is 28.5. The van der Waals surface area contributed by atoms with Crippen LogP contribution in [0, 0.1) is 0 Å². The number of aliphatic carboxylic acids is 2. The van der Waals surface area contributed by atoms with Crippen molar-refractivity contribution in [2.24, 2.45) is 5.73 Å². The second-order valence-electron chi connectivity index (χ2n) is 7.60. The number of carbonyl (C=O) groups excluding carboxylic acids is 3. The van der Waals surface area contributed by atoms with Crippen LogP contribution in [0.3, 0.4) is 0 Å². The quantitative estimate of drug-likeness (QED) is 0.137. The Hall–Kier alpha value is -3.55. The largest absolute Gasteiger partial charge is 0.481 e. The van der Waals surface area contributed by atoms with Gasteiger partial charge in [-0.3, -0.25) is 19.2 Å². The Morgan fingerprint density at radius 1 is 0.912 bits per heavy atom. The van der Waals surface area contributed by atoms with Crippen LogP contribution in [0.4, 0.5) is 0 Å². The van der Waals surface area contributed by atoms with Crippen LogP contribution in [0.25, 0.3) is 0 Å². The molecule has 5 unspecified atom stereocenters. The molecule has 1 aromatic carbocycles. The van der Waals surface area contributed by atoms with Gasteiger partial charge in [-0.15, -0.1) is 0 Å². The predicted octanol–water partition coefficient (Wildman–Crippen LogP) is -2.67. The lowest BCUT2D eigenvalue weighted by Crippen LogP contribution is -2.60. The van der Waals surface area contributed by atoms with Crippen molar-refractivity contribution in [1.29, 1.82) is 0 Å². The smallest absolute Gasteiger partial charge is 0.326 e. The number of hydrogen-bond acceptors (Lipinski definition) is 8. The first-order valence-corrected chi connectivity index (χ1v) is 10.4. The highest BCUT2D eigenvalue weighted by Gasteiger charge is 2.32. The van der Waals surface area contributed by atoms with Crippen LogP contribution >= 0.6 is 0 Å². The molecule has 1 rings (SSSR count). The summed E-state index contributed by atoms with van der Waals surface area (Å²) >= 11 is 0. The molecule has 0 aliphatic carbocycles. The molecule has 0 radical (unpaired) electrons. The maximum absolute atomic E-state index is 12.6. The fourth-order valence-corrected chi connectivity index (χ4v) is 2.88. The molecule has 9 N–H and O–H groups in total. The number of carbonyl (C=O) groups is 5. The molecule has 0 heterocycles. The van der Waals surface area contributed by atoms with E-state index in [0.29, 0.717) is 0 Å². The lowest BCUT2D eigenvalue weighted by molar-refractivity contribution is -0.143. The highest BCUT2D eigenvalue weighted by atomic mass is 16.4. The molecule has 0 bridgehead atoms. The van der Waals surface area contributed by atoms with E-state index in [1.807, 2.05) is 5.32 Å². The number of amides is 3. The molecule has 0 saturated heterocycles. The summed E-state index contributed by atoms with van der Waals surface area (Å²) in [6.45, 7) is 0.282. The Morgan fingerprint density at radius 3 is 2.00 bits per heavy atom. The van der Waals surface area contributed by atoms with Crippen molar-refractivity contribution in [1.82, 2.24) is 16.0 Å². The average Bonchev–Trinajstić information content (AvgIpc) is 2.77. The average molecular weight is 482 g/mol. The van der Waals surface area contributed by atoms with Gasteiger partial charge in [-0.05, 0) is 25.3 Å². The van der Waals surface area contributed by atoms with Crippen molar-refractivity contribution in [2.75, 3.05) is 6.61 Å². The third-order valence-electron chi connectivity index (χ3n) is 4.77. The van der Waals surface area contributed by atoms with E-state index in [4.69, 9.17) is 15.9 Å². The van der Waals surface area contributed by atoms with Gasteiger partial charge in [-0.1, -0.05) is 30.3 Å². The highest BCUT2D eigenvalue weighted by Crippen LogP contribution is 2.04. The van der Waals surface area contributed by atoms with E-state index >= 15 is 0 Å². The van der Waals surface area contributed by atoms with Gasteiger partial charge in [0.05, 0.1) is 18.8 Å². The van der Waals surface area contributed by atoms with Crippen LogP contribution < -0.4 is 21.7 Å². The molecule has 0 fully saturated rings. The zero-order valence-electron chi connectivity index (χ0n) is 18.5. The normalized spacial score (nSPS) is 15.2. The van der Waals surface area contributed by atoms with Gasteiger partial charge in [-0.2, -0.15) is 0 Å². The molecule has 3 amide bonds. The summed E-state index contributed by atoms with van der Waals surface area (Å²) in [6, 6.07) is 3.08. The van der Waals surface area contributed by atoms with Crippen molar-refractivity contribution in [3.8, 4) is 0 Å². The number of aliphatic hydroxyl groups excluding tert-OH is 2. The lowest BCUT2D eigenvalue weighted by Gasteiger charge is -2.25. The van der Waals surface area contributed by atoms with Gasteiger partial charge in [0.15, 0.2) is 0 Å². The van der Waals surface area contributed by atoms with Crippen LogP contribution in [-0.4, -0.2) is 87.0 Å². The zero-order valence-corrected chi connectivity index (χ0v) is 18.5. The SMILES string of the molecule is CC(O)C(NC(=O)C(N)Cc1ccccc1)C(=O)NC(CO)C(=O)NC(CCC(=O)O)C(=O)O. The second-order valence-corrected chi connectivity index (χ2v) is 7.60. The number of nitrogens with two attached hydrogens (primary N) is 1. The van der Waals surface area contributed by atoms with Crippen molar-refractivity contribution in [3.63, 3.8) is 0 Å². The van der Waals surface area contributed by atoms with Crippen LogP contribution in [0.1, 0.15) is 25.3 Å². The molecule has 13 nitrogen and oxygen atoms in total. The molecule has 0 aliphatic rings. The van der Waals surface area contributed by atoms with E-state index in [2.05, 4.69) is 10.6 Å². The van der Waals surface area contributed by atoms with Gasteiger partial charge in [0.25, 0.3) is 0 Å². The molecular weight excluding hydrogens is 452 g/mol. The maximum atomic E-state index is 12.6. The van der Waals surface area contributed by atoms with Crippen molar-refractivity contribution in [2.45, 2.75) is 56.5 Å². The maximum Gasteiger partial charge on any atom is 0.326 e. The Morgan fingerprint density at radius 2 is 1.50 bits per heavy atom. The summed E-state index contributed by atoms with van der Waals surface area (Å²) in [5.74, 6) is -5.63. The molecular formula is C21H30N4O9. The molecule has 1 aromatic rings. The topological polar surface area (TPSA) is 228 Å². The van der Waals surface area contributed by atoms with Crippen LogP contribution in [0.15, 0.2) is 30.3 Å². The summed E-state index contributed by atoms with van der Waals surface area (Å²) < 4.78 is 0. The minimum atomic E-state index is -1.63. The van der Waals surface area contributed by atoms with Crippen molar-refractivity contribution < 1.29 is 44.4 Å². The third kappa shape index (κ3) is 9.52. The molecule has 5 atom stereocenters. The van der Waals surface area contributed by atoms with Crippen LogP contribution in [0.2, 0.25) is 0 Å². The van der Waals surface area contributed by atoms with Crippen molar-refractivity contribution >= 4 is 29.7 Å². The zero-order chi connectivity index (χ0) is 25.8. The number of rotatable bonds is 14. The summed E-state index contributed by atoms with van der Waals surface area (Å²) in [4.78, 5) is 59.3. The van der Waals surface area contributed by atoms with Crippen molar-refractivity contribution in [3.05, 3.63) is 35.9 Å². The van der Waals surface area contributed by atoms with Gasteiger partial charge < -0.3 is 42.1 Å². The summed E-state index contributed by atoms with van der Waals surface area (Å²) in [5, 5.41) is 43.7. The van der Waals surface area contributed by atoms with E-state index < -0.39 is 79.4 Å². The number of hydrogen-bond donors (Lipinski definition) is 8.